The minimum Gasteiger partial charge on any atom is -0.496 e. The van der Waals surface area contributed by atoms with Crippen LogP contribution in [0.3, 0.4) is 0 Å². The van der Waals surface area contributed by atoms with Crippen molar-refractivity contribution in [2.24, 2.45) is 0 Å². The number of aromatic nitrogens is 4. The maximum atomic E-state index is 12.6. The van der Waals surface area contributed by atoms with Crippen LogP contribution in [0.1, 0.15) is 16.2 Å². The van der Waals surface area contributed by atoms with Gasteiger partial charge in [-0.1, -0.05) is 35.6 Å². The third-order valence-electron chi connectivity index (χ3n) is 3.87. The van der Waals surface area contributed by atoms with Crippen LogP contribution < -0.4 is 10.1 Å². The highest BCUT2D eigenvalue weighted by atomic mass is 32.1. The van der Waals surface area contributed by atoms with Gasteiger partial charge in [-0.25, -0.2) is 0 Å². The first-order valence-electron chi connectivity index (χ1n) is 7.89. The van der Waals surface area contributed by atoms with Crippen LogP contribution >= 0.6 is 11.3 Å². The molecule has 2 heterocycles. The van der Waals surface area contributed by atoms with Gasteiger partial charge in [0.15, 0.2) is 5.82 Å². The zero-order valence-corrected chi connectivity index (χ0v) is 14.9. The van der Waals surface area contributed by atoms with Crippen molar-refractivity contribution >= 4 is 27.9 Å². The predicted molar refractivity (Wildman–Crippen MR) is 99.8 cm³/mol. The van der Waals surface area contributed by atoms with E-state index in [1.165, 1.54) is 11.3 Å². The number of methoxy groups -OCH3 is 1. The van der Waals surface area contributed by atoms with E-state index in [1.54, 1.807) is 29.8 Å². The highest BCUT2D eigenvalue weighted by Crippen LogP contribution is 2.28. The third-order valence-corrected chi connectivity index (χ3v) is 4.81. The van der Waals surface area contributed by atoms with E-state index in [1.807, 2.05) is 37.3 Å². The van der Waals surface area contributed by atoms with E-state index in [2.05, 4.69) is 20.6 Å². The third kappa shape index (κ3) is 2.91. The number of hydrogen-bond donors (Lipinski definition) is 1. The van der Waals surface area contributed by atoms with Gasteiger partial charge in [-0.3, -0.25) is 4.79 Å². The van der Waals surface area contributed by atoms with Crippen molar-refractivity contribution in [2.75, 3.05) is 12.4 Å². The Labute approximate surface area is 153 Å². The molecule has 0 unspecified atom stereocenters. The van der Waals surface area contributed by atoms with E-state index < -0.39 is 0 Å². The number of benzene rings is 2. The van der Waals surface area contributed by atoms with Crippen molar-refractivity contribution in [3.8, 4) is 16.3 Å². The molecule has 26 heavy (non-hydrogen) atoms. The molecule has 0 saturated carbocycles. The van der Waals surface area contributed by atoms with Crippen molar-refractivity contribution in [1.29, 1.82) is 0 Å². The van der Waals surface area contributed by atoms with Gasteiger partial charge in [-0.05, 0) is 31.2 Å². The van der Waals surface area contributed by atoms with Crippen LogP contribution in [0.15, 0.2) is 48.5 Å². The van der Waals surface area contributed by atoms with Crippen molar-refractivity contribution in [1.82, 2.24) is 19.8 Å². The molecule has 4 rings (SSSR count). The zero-order valence-electron chi connectivity index (χ0n) is 14.1. The van der Waals surface area contributed by atoms with Crippen molar-refractivity contribution < 1.29 is 9.53 Å². The lowest BCUT2D eigenvalue weighted by atomic mass is 10.1. The molecule has 0 aliphatic heterocycles. The SMILES string of the molecule is COc1ccccc1C(=O)Nc1cccc(-c2nn3c(C)nnc3s2)c1. The molecular weight excluding hydrogens is 350 g/mol. The number of carbonyl (C=O) groups is 1. The van der Waals surface area contributed by atoms with E-state index in [0.717, 1.165) is 21.4 Å². The average Bonchev–Trinajstić information content (AvgIpc) is 3.24. The van der Waals surface area contributed by atoms with Gasteiger partial charge < -0.3 is 10.1 Å². The Morgan fingerprint density at radius 3 is 2.81 bits per heavy atom. The number of para-hydroxylation sites is 1. The Bertz CT molecular complexity index is 1100. The Morgan fingerprint density at radius 1 is 1.15 bits per heavy atom. The first-order chi connectivity index (χ1) is 12.7. The summed E-state index contributed by atoms with van der Waals surface area (Å²) >= 11 is 1.45. The number of carbonyl (C=O) groups excluding carboxylic acids is 1. The molecule has 0 saturated heterocycles. The first kappa shape index (κ1) is 16.2. The fraction of sp³-hybridized carbons (Fsp3) is 0.111. The maximum Gasteiger partial charge on any atom is 0.259 e. The highest BCUT2D eigenvalue weighted by molar-refractivity contribution is 7.19. The number of aryl methyl sites for hydroxylation is 1. The smallest absolute Gasteiger partial charge is 0.259 e. The summed E-state index contributed by atoms with van der Waals surface area (Å²) in [7, 11) is 1.54. The Kier molecular flexibility index (Phi) is 4.10. The Balaban J connectivity index is 1.62. The normalized spacial score (nSPS) is 10.8. The molecule has 0 aliphatic rings. The Morgan fingerprint density at radius 2 is 2.00 bits per heavy atom. The number of rotatable bonds is 4. The highest BCUT2D eigenvalue weighted by Gasteiger charge is 2.14. The van der Waals surface area contributed by atoms with Crippen molar-refractivity contribution in [2.45, 2.75) is 6.92 Å². The largest absolute Gasteiger partial charge is 0.496 e. The molecule has 0 radical (unpaired) electrons. The fourth-order valence-corrected chi connectivity index (χ4v) is 3.47. The summed E-state index contributed by atoms with van der Waals surface area (Å²) in [5, 5.41) is 16.3. The van der Waals surface area contributed by atoms with Gasteiger partial charge in [0, 0.05) is 11.3 Å². The number of hydrogen-bond acceptors (Lipinski definition) is 6. The van der Waals surface area contributed by atoms with Crippen molar-refractivity contribution in [3.63, 3.8) is 0 Å². The summed E-state index contributed by atoms with van der Waals surface area (Å²) in [6.07, 6.45) is 0. The molecular formula is C18H15N5O2S. The van der Waals surface area contributed by atoms with Crippen LogP contribution in [-0.2, 0) is 0 Å². The summed E-state index contributed by atoms with van der Waals surface area (Å²) in [6, 6.07) is 14.6. The van der Waals surface area contributed by atoms with Gasteiger partial charge in [-0.15, -0.1) is 10.2 Å². The topological polar surface area (TPSA) is 81.4 Å². The van der Waals surface area contributed by atoms with Gasteiger partial charge in [0.05, 0.1) is 12.7 Å². The number of nitrogens with one attached hydrogen (secondary N) is 1. The number of ether oxygens (including phenoxy) is 1. The van der Waals surface area contributed by atoms with E-state index in [9.17, 15) is 4.79 Å². The Hall–Kier alpha value is -3.26. The van der Waals surface area contributed by atoms with Gasteiger partial charge in [-0.2, -0.15) is 9.61 Å². The second-order valence-electron chi connectivity index (χ2n) is 5.58. The molecule has 0 fully saturated rings. The minimum absolute atomic E-state index is 0.228. The van der Waals surface area contributed by atoms with E-state index >= 15 is 0 Å². The molecule has 0 atom stereocenters. The standard InChI is InChI=1S/C18H15N5O2S/c1-11-20-21-18-23(11)22-17(26-18)12-6-5-7-13(10-12)19-16(24)14-8-3-4-9-15(14)25-2/h3-10H,1-2H3,(H,19,24). The first-order valence-corrected chi connectivity index (χ1v) is 8.71. The lowest BCUT2D eigenvalue weighted by molar-refractivity contribution is 0.102. The number of nitrogens with zero attached hydrogens (tertiary/aromatic N) is 4. The van der Waals surface area contributed by atoms with E-state index in [4.69, 9.17) is 4.74 Å². The van der Waals surface area contributed by atoms with Crippen LogP contribution in [0.25, 0.3) is 15.5 Å². The number of anilines is 1. The van der Waals surface area contributed by atoms with Gasteiger partial charge in [0.25, 0.3) is 5.91 Å². The number of fused-ring (bicyclic) bond motifs is 1. The second kappa shape index (κ2) is 6.57. The average molecular weight is 365 g/mol. The van der Waals surface area contributed by atoms with Crippen LogP contribution in [0.5, 0.6) is 5.75 Å². The molecule has 2 aromatic carbocycles. The van der Waals surface area contributed by atoms with Crippen molar-refractivity contribution in [3.05, 3.63) is 59.9 Å². The molecule has 1 N–H and O–H groups in total. The molecule has 2 aromatic heterocycles. The van der Waals surface area contributed by atoms with Crippen LogP contribution in [0.4, 0.5) is 5.69 Å². The van der Waals surface area contributed by atoms with Gasteiger partial charge in [0.2, 0.25) is 4.96 Å². The van der Waals surface area contributed by atoms with Crippen LogP contribution in [-0.4, -0.2) is 32.8 Å². The summed E-state index contributed by atoms with van der Waals surface area (Å²) in [5.74, 6) is 1.04. The zero-order chi connectivity index (χ0) is 18.1. The molecule has 7 nitrogen and oxygen atoms in total. The van der Waals surface area contributed by atoms with Crippen LogP contribution in [0.2, 0.25) is 0 Å². The molecule has 0 spiro atoms. The molecule has 130 valence electrons. The molecule has 8 heteroatoms. The van der Waals surface area contributed by atoms with E-state index in [-0.39, 0.29) is 5.91 Å². The maximum absolute atomic E-state index is 12.6. The quantitative estimate of drug-likeness (QED) is 0.599. The molecule has 0 bridgehead atoms. The summed E-state index contributed by atoms with van der Waals surface area (Å²) in [4.78, 5) is 13.3. The predicted octanol–water partition coefficient (Wildman–Crippen LogP) is 3.42. The second-order valence-corrected chi connectivity index (χ2v) is 6.54. The summed E-state index contributed by atoms with van der Waals surface area (Å²) < 4.78 is 6.96. The summed E-state index contributed by atoms with van der Waals surface area (Å²) in [5.41, 5.74) is 2.06. The van der Waals surface area contributed by atoms with Crippen LogP contribution in [0, 0.1) is 6.92 Å². The van der Waals surface area contributed by atoms with E-state index in [0.29, 0.717) is 17.0 Å². The monoisotopic (exact) mass is 365 g/mol. The lowest BCUT2D eigenvalue weighted by Crippen LogP contribution is -2.13. The minimum atomic E-state index is -0.228. The number of amides is 1. The molecule has 1 amide bonds. The molecule has 0 aliphatic carbocycles. The summed E-state index contributed by atoms with van der Waals surface area (Å²) in [6.45, 7) is 1.85. The lowest BCUT2D eigenvalue weighted by Gasteiger charge is -2.09. The van der Waals surface area contributed by atoms with Gasteiger partial charge >= 0.3 is 0 Å². The molecule has 4 aromatic rings. The fourth-order valence-electron chi connectivity index (χ4n) is 2.59. The van der Waals surface area contributed by atoms with Gasteiger partial charge in [0.1, 0.15) is 10.8 Å².